The molecule has 0 aromatic heterocycles. The highest BCUT2D eigenvalue weighted by atomic mass is 14.4. The fourth-order valence-corrected chi connectivity index (χ4v) is 3.60. The van der Waals surface area contributed by atoms with Crippen LogP contribution in [0.5, 0.6) is 0 Å². The summed E-state index contributed by atoms with van der Waals surface area (Å²) in [4.78, 5) is 0. The SMILES string of the molecule is CCCCCCC1(CCCCCC)CCCC1. The number of hydrogen-bond acceptors (Lipinski definition) is 0. The van der Waals surface area contributed by atoms with E-state index >= 15 is 0 Å². The Labute approximate surface area is 110 Å². The van der Waals surface area contributed by atoms with E-state index in [0.29, 0.717) is 0 Å². The predicted octanol–water partition coefficient (Wildman–Crippen LogP) is 6.49. The Bertz CT molecular complexity index is 151. The van der Waals surface area contributed by atoms with Crippen LogP contribution in [0.4, 0.5) is 0 Å². The Morgan fingerprint density at radius 1 is 0.647 bits per heavy atom. The third-order valence-electron chi connectivity index (χ3n) is 4.79. The summed E-state index contributed by atoms with van der Waals surface area (Å²) in [5.74, 6) is 0. The smallest absolute Gasteiger partial charge is 0.0297 e. The molecule has 1 fully saturated rings. The third kappa shape index (κ3) is 5.93. The minimum atomic E-state index is 0.793. The van der Waals surface area contributed by atoms with Crippen LogP contribution in [0.1, 0.15) is 104 Å². The van der Waals surface area contributed by atoms with E-state index in [0.717, 1.165) is 5.41 Å². The maximum Gasteiger partial charge on any atom is -0.0297 e. The molecule has 0 atom stereocenters. The van der Waals surface area contributed by atoms with Crippen LogP contribution in [0.25, 0.3) is 0 Å². The lowest BCUT2D eigenvalue weighted by Gasteiger charge is -2.29. The Balaban J connectivity index is 2.19. The van der Waals surface area contributed by atoms with Crippen LogP contribution in [-0.2, 0) is 0 Å². The van der Waals surface area contributed by atoms with Crippen LogP contribution in [-0.4, -0.2) is 0 Å². The van der Waals surface area contributed by atoms with E-state index in [1.54, 1.807) is 25.7 Å². The van der Waals surface area contributed by atoms with Gasteiger partial charge in [-0.25, -0.2) is 0 Å². The third-order valence-corrected chi connectivity index (χ3v) is 4.79. The summed E-state index contributed by atoms with van der Waals surface area (Å²) in [5.41, 5.74) is 0.793. The molecule has 0 spiro atoms. The van der Waals surface area contributed by atoms with E-state index in [2.05, 4.69) is 13.8 Å². The Morgan fingerprint density at radius 3 is 1.53 bits per heavy atom. The molecule has 1 rings (SSSR count). The molecule has 1 aliphatic rings. The van der Waals surface area contributed by atoms with Crippen LogP contribution in [0.2, 0.25) is 0 Å². The van der Waals surface area contributed by atoms with Crippen molar-refractivity contribution in [1.29, 1.82) is 0 Å². The topological polar surface area (TPSA) is 0 Å². The molecule has 0 unspecified atom stereocenters. The zero-order valence-electron chi connectivity index (χ0n) is 12.4. The quantitative estimate of drug-likeness (QED) is 0.382. The van der Waals surface area contributed by atoms with Crippen LogP contribution in [0.15, 0.2) is 0 Å². The molecule has 0 heterocycles. The highest BCUT2D eigenvalue weighted by molar-refractivity contribution is 4.84. The summed E-state index contributed by atoms with van der Waals surface area (Å²) in [7, 11) is 0. The van der Waals surface area contributed by atoms with E-state index in [4.69, 9.17) is 0 Å². The van der Waals surface area contributed by atoms with Crippen molar-refractivity contribution in [2.24, 2.45) is 5.41 Å². The van der Waals surface area contributed by atoms with Gasteiger partial charge in [0.25, 0.3) is 0 Å². The van der Waals surface area contributed by atoms with Crippen molar-refractivity contribution >= 4 is 0 Å². The summed E-state index contributed by atoms with van der Waals surface area (Å²) in [6.07, 6.45) is 20.8. The van der Waals surface area contributed by atoms with Gasteiger partial charge < -0.3 is 0 Å². The summed E-state index contributed by atoms with van der Waals surface area (Å²) < 4.78 is 0. The monoisotopic (exact) mass is 238 g/mol. The van der Waals surface area contributed by atoms with Crippen molar-refractivity contribution in [3.8, 4) is 0 Å². The molecular weight excluding hydrogens is 204 g/mol. The second-order valence-electron chi connectivity index (χ2n) is 6.33. The number of hydrogen-bond donors (Lipinski definition) is 0. The lowest BCUT2D eigenvalue weighted by Crippen LogP contribution is -2.16. The Hall–Kier alpha value is 0. The second-order valence-corrected chi connectivity index (χ2v) is 6.33. The highest BCUT2D eigenvalue weighted by Crippen LogP contribution is 2.46. The first-order valence-electron chi connectivity index (χ1n) is 8.33. The van der Waals surface area contributed by atoms with Gasteiger partial charge in [0.05, 0.1) is 0 Å². The van der Waals surface area contributed by atoms with Gasteiger partial charge >= 0.3 is 0 Å². The summed E-state index contributed by atoms with van der Waals surface area (Å²) in [6.45, 7) is 4.63. The van der Waals surface area contributed by atoms with E-state index in [-0.39, 0.29) is 0 Å². The van der Waals surface area contributed by atoms with Crippen LogP contribution in [0, 0.1) is 5.41 Å². The molecule has 102 valence electrons. The van der Waals surface area contributed by atoms with E-state index in [9.17, 15) is 0 Å². The summed E-state index contributed by atoms with van der Waals surface area (Å²) in [6, 6.07) is 0. The molecule has 0 N–H and O–H groups in total. The van der Waals surface area contributed by atoms with E-state index < -0.39 is 0 Å². The van der Waals surface area contributed by atoms with Gasteiger partial charge in [-0.3, -0.25) is 0 Å². The van der Waals surface area contributed by atoms with Gasteiger partial charge in [-0.05, 0) is 31.1 Å². The maximum absolute atomic E-state index is 2.32. The summed E-state index contributed by atoms with van der Waals surface area (Å²) >= 11 is 0. The number of unbranched alkanes of at least 4 members (excludes halogenated alkanes) is 6. The molecule has 0 aromatic carbocycles. The molecule has 17 heavy (non-hydrogen) atoms. The van der Waals surface area contributed by atoms with Gasteiger partial charge in [-0.2, -0.15) is 0 Å². The average Bonchev–Trinajstić information content (AvgIpc) is 2.80. The average molecular weight is 238 g/mol. The molecule has 0 saturated heterocycles. The van der Waals surface area contributed by atoms with Gasteiger partial charge in [0.15, 0.2) is 0 Å². The second kappa shape index (κ2) is 9.00. The fraction of sp³-hybridized carbons (Fsp3) is 1.00. The van der Waals surface area contributed by atoms with Crippen LogP contribution >= 0.6 is 0 Å². The standard InChI is InChI=1S/C17H34/c1-3-5-7-9-13-17(15-11-12-16-17)14-10-8-6-4-2/h3-16H2,1-2H3. The van der Waals surface area contributed by atoms with Crippen molar-refractivity contribution in [2.45, 2.75) is 104 Å². The Kier molecular flexibility index (Phi) is 7.97. The van der Waals surface area contributed by atoms with Gasteiger partial charge in [-0.15, -0.1) is 0 Å². The first kappa shape index (κ1) is 15.1. The molecular formula is C17H34. The first-order chi connectivity index (χ1) is 8.33. The van der Waals surface area contributed by atoms with Crippen molar-refractivity contribution in [2.75, 3.05) is 0 Å². The molecule has 0 aromatic rings. The van der Waals surface area contributed by atoms with Crippen molar-refractivity contribution in [1.82, 2.24) is 0 Å². The molecule has 0 aliphatic heterocycles. The molecule has 0 heteroatoms. The highest BCUT2D eigenvalue weighted by Gasteiger charge is 2.32. The maximum atomic E-state index is 2.32. The zero-order chi connectivity index (χ0) is 12.4. The Morgan fingerprint density at radius 2 is 1.12 bits per heavy atom. The summed E-state index contributed by atoms with van der Waals surface area (Å²) in [5, 5.41) is 0. The lowest BCUT2D eigenvalue weighted by molar-refractivity contribution is 0.229. The van der Waals surface area contributed by atoms with Crippen molar-refractivity contribution < 1.29 is 0 Å². The van der Waals surface area contributed by atoms with Crippen molar-refractivity contribution in [3.63, 3.8) is 0 Å². The van der Waals surface area contributed by atoms with Gasteiger partial charge in [-0.1, -0.05) is 78.1 Å². The largest absolute Gasteiger partial charge is 0.0654 e. The van der Waals surface area contributed by atoms with Gasteiger partial charge in [0.2, 0.25) is 0 Å². The van der Waals surface area contributed by atoms with Crippen LogP contribution in [0.3, 0.4) is 0 Å². The molecule has 0 bridgehead atoms. The number of rotatable bonds is 10. The first-order valence-corrected chi connectivity index (χ1v) is 8.33. The predicted molar refractivity (Wildman–Crippen MR) is 78.4 cm³/mol. The molecule has 0 amide bonds. The van der Waals surface area contributed by atoms with E-state index in [1.165, 1.54) is 64.2 Å². The molecule has 0 nitrogen and oxygen atoms in total. The van der Waals surface area contributed by atoms with Crippen LogP contribution < -0.4 is 0 Å². The lowest BCUT2D eigenvalue weighted by atomic mass is 9.76. The van der Waals surface area contributed by atoms with Gasteiger partial charge in [0.1, 0.15) is 0 Å². The fourth-order valence-electron chi connectivity index (χ4n) is 3.60. The minimum Gasteiger partial charge on any atom is -0.0654 e. The van der Waals surface area contributed by atoms with E-state index in [1.807, 2.05) is 0 Å². The molecule has 1 saturated carbocycles. The normalized spacial score (nSPS) is 18.7. The molecule has 1 aliphatic carbocycles. The zero-order valence-corrected chi connectivity index (χ0v) is 12.4. The van der Waals surface area contributed by atoms with Gasteiger partial charge in [0, 0.05) is 0 Å². The minimum absolute atomic E-state index is 0.793. The van der Waals surface area contributed by atoms with Crippen molar-refractivity contribution in [3.05, 3.63) is 0 Å². The molecule has 0 radical (unpaired) electrons.